The normalized spacial score (nSPS) is 16.5. The maximum atomic E-state index is 12.7. The lowest BCUT2D eigenvalue weighted by atomic mass is 10.0. The summed E-state index contributed by atoms with van der Waals surface area (Å²) in [4.78, 5) is 12.7. The van der Waals surface area contributed by atoms with E-state index in [-0.39, 0.29) is 17.9 Å². The maximum Gasteiger partial charge on any atom is 0.346 e. The van der Waals surface area contributed by atoms with Gasteiger partial charge in [-0.3, -0.25) is 5.21 Å². The fourth-order valence-electron chi connectivity index (χ4n) is 4.45. The molecule has 1 saturated heterocycles. The molecule has 0 saturated carbocycles. The van der Waals surface area contributed by atoms with Crippen LogP contribution in [-0.2, 0) is 4.74 Å². The number of rotatable bonds is 14. The molecule has 2 atom stereocenters. The third-order valence-electron chi connectivity index (χ3n) is 6.37. The van der Waals surface area contributed by atoms with Crippen molar-refractivity contribution in [3.05, 3.63) is 35.4 Å². The predicted molar refractivity (Wildman–Crippen MR) is 148 cm³/mol. The summed E-state index contributed by atoms with van der Waals surface area (Å²) < 4.78 is 35.0. The Morgan fingerprint density at radius 1 is 0.846 bits per heavy atom. The van der Waals surface area contributed by atoms with E-state index in [1.165, 1.54) is 0 Å². The number of methoxy groups -OCH3 is 3. The number of benzene rings is 2. The first-order chi connectivity index (χ1) is 18.9. The smallest absolute Gasteiger partial charge is 0.346 e. The first kappa shape index (κ1) is 30.2. The van der Waals surface area contributed by atoms with Gasteiger partial charge in [0.1, 0.15) is 5.69 Å². The lowest BCUT2D eigenvalue weighted by Crippen LogP contribution is -2.38. The van der Waals surface area contributed by atoms with E-state index >= 15 is 0 Å². The summed E-state index contributed by atoms with van der Waals surface area (Å²) in [6.45, 7) is 7.23. The number of hydroxylamine groups is 1. The third kappa shape index (κ3) is 7.19. The van der Waals surface area contributed by atoms with Crippen molar-refractivity contribution in [2.75, 3.05) is 46.2 Å². The second-order valence-electron chi connectivity index (χ2n) is 9.26. The number of carbonyl (C=O) groups is 1. The van der Waals surface area contributed by atoms with Crippen LogP contribution in [0.25, 0.3) is 0 Å². The summed E-state index contributed by atoms with van der Waals surface area (Å²) in [6.07, 6.45) is 3.22. The number of urea groups is 1. The number of anilines is 1. The Kier molecular flexibility index (Phi) is 11.4. The van der Waals surface area contributed by atoms with Gasteiger partial charge in [0.15, 0.2) is 23.0 Å². The van der Waals surface area contributed by atoms with Gasteiger partial charge in [-0.2, -0.15) is 5.06 Å². The van der Waals surface area contributed by atoms with Gasteiger partial charge in [0.05, 0.1) is 46.8 Å². The first-order valence-corrected chi connectivity index (χ1v) is 13.6. The highest BCUT2D eigenvalue weighted by Gasteiger charge is 2.32. The molecular weight excluding hydrogens is 504 g/mol. The molecule has 0 spiro atoms. The quantitative estimate of drug-likeness (QED) is 0.213. The number of nitrogens with zero attached hydrogens (tertiary/aromatic N) is 1. The molecule has 39 heavy (non-hydrogen) atoms. The molecule has 0 radical (unpaired) electrons. The van der Waals surface area contributed by atoms with Gasteiger partial charge in [0, 0.05) is 6.54 Å². The fraction of sp³-hybridized carbons (Fsp3) is 0.552. The van der Waals surface area contributed by atoms with E-state index in [4.69, 9.17) is 28.4 Å². The van der Waals surface area contributed by atoms with Gasteiger partial charge in [-0.15, -0.1) is 0 Å². The molecule has 0 aromatic heterocycles. The zero-order valence-corrected chi connectivity index (χ0v) is 23.9. The van der Waals surface area contributed by atoms with Gasteiger partial charge >= 0.3 is 6.03 Å². The molecule has 0 bridgehead atoms. The fourth-order valence-corrected chi connectivity index (χ4v) is 4.45. The minimum Gasteiger partial charge on any atom is -0.493 e. The Morgan fingerprint density at radius 3 is 1.95 bits per heavy atom. The third-order valence-corrected chi connectivity index (χ3v) is 6.37. The van der Waals surface area contributed by atoms with E-state index in [0.29, 0.717) is 53.6 Å². The van der Waals surface area contributed by atoms with Gasteiger partial charge in [0.2, 0.25) is 5.75 Å². The predicted octanol–water partition coefficient (Wildman–Crippen LogP) is 6.20. The minimum atomic E-state index is -0.639. The average molecular weight is 547 g/mol. The number of nitrogens with one attached hydrogen (secondary N) is 1. The van der Waals surface area contributed by atoms with Crippen LogP contribution in [0.5, 0.6) is 28.7 Å². The lowest BCUT2D eigenvalue weighted by Gasteiger charge is -2.24. The van der Waals surface area contributed by atoms with Gasteiger partial charge in [-0.1, -0.05) is 20.8 Å². The maximum absolute atomic E-state index is 12.7. The van der Waals surface area contributed by atoms with Crippen molar-refractivity contribution in [1.29, 1.82) is 0 Å². The highest BCUT2D eigenvalue weighted by molar-refractivity contribution is 5.92. The Balaban J connectivity index is 1.98. The van der Waals surface area contributed by atoms with E-state index in [1.54, 1.807) is 27.4 Å². The molecule has 2 amide bonds. The number of carbonyl (C=O) groups excluding carboxylic acids is 1. The Morgan fingerprint density at radius 2 is 1.41 bits per heavy atom. The van der Waals surface area contributed by atoms with Crippen LogP contribution < -0.4 is 34.1 Å². The van der Waals surface area contributed by atoms with Crippen LogP contribution in [0.15, 0.2) is 24.3 Å². The lowest BCUT2D eigenvalue weighted by molar-refractivity contribution is 0.0436. The van der Waals surface area contributed by atoms with Crippen molar-refractivity contribution in [1.82, 2.24) is 5.32 Å². The van der Waals surface area contributed by atoms with Crippen LogP contribution in [0.4, 0.5) is 10.5 Å². The Hall–Kier alpha value is -3.37. The van der Waals surface area contributed by atoms with Gasteiger partial charge in [-0.25, -0.2) is 4.79 Å². The molecule has 1 aliphatic rings. The SMILES string of the molecule is CCCNC(=O)N(O)c1cc([C@H]2CC[C@H](c3cc(OC)c(OC)c(OC)c3)O2)cc(OCCC)c1OCCC. The average Bonchev–Trinajstić information content (AvgIpc) is 3.46. The van der Waals surface area contributed by atoms with Gasteiger partial charge in [-0.05, 0) is 67.5 Å². The van der Waals surface area contributed by atoms with Crippen molar-refractivity contribution in [2.24, 2.45) is 0 Å². The summed E-state index contributed by atoms with van der Waals surface area (Å²) in [5.41, 5.74) is 1.89. The zero-order chi connectivity index (χ0) is 28.4. The van der Waals surface area contributed by atoms with Crippen LogP contribution in [0.3, 0.4) is 0 Å². The van der Waals surface area contributed by atoms with Gasteiger partial charge < -0.3 is 33.7 Å². The minimum absolute atomic E-state index is 0.209. The number of hydrogen-bond acceptors (Lipinski definition) is 8. The van der Waals surface area contributed by atoms with Crippen molar-refractivity contribution in [3.63, 3.8) is 0 Å². The molecule has 1 heterocycles. The summed E-state index contributed by atoms with van der Waals surface area (Å²) >= 11 is 0. The second kappa shape index (κ2) is 14.7. The number of ether oxygens (including phenoxy) is 6. The Bertz CT molecular complexity index is 1070. The molecule has 2 aromatic carbocycles. The van der Waals surface area contributed by atoms with Crippen molar-refractivity contribution in [3.8, 4) is 28.7 Å². The molecule has 3 rings (SSSR count). The summed E-state index contributed by atoms with van der Waals surface area (Å²) in [5.74, 6) is 2.42. The van der Waals surface area contributed by atoms with Crippen LogP contribution in [0.2, 0.25) is 0 Å². The van der Waals surface area contributed by atoms with Crippen LogP contribution in [0.1, 0.15) is 76.2 Å². The molecule has 216 valence electrons. The van der Waals surface area contributed by atoms with Crippen molar-refractivity contribution < 1.29 is 38.4 Å². The molecule has 1 aliphatic heterocycles. The molecule has 2 aromatic rings. The van der Waals surface area contributed by atoms with Crippen molar-refractivity contribution >= 4 is 11.7 Å². The van der Waals surface area contributed by atoms with E-state index in [9.17, 15) is 10.0 Å². The van der Waals surface area contributed by atoms with E-state index in [2.05, 4.69) is 5.32 Å². The van der Waals surface area contributed by atoms with E-state index in [1.807, 2.05) is 39.0 Å². The highest BCUT2D eigenvalue weighted by Crippen LogP contribution is 2.48. The summed E-state index contributed by atoms with van der Waals surface area (Å²) in [6, 6.07) is 6.76. The molecular formula is C29H42N2O8. The Labute approximate surface area is 231 Å². The summed E-state index contributed by atoms with van der Waals surface area (Å²) in [5, 5.41) is 14.2. The van der Waals surface area contributed by atoms with Crippen LogP contribution in [0, 0.1) is 0 Å². The standard InChI is InChI=1S/C29H42N2O8/c1-7-12-30-29(32)31(33)21-15-19(18-26(37-13-8-2)27(21)38-14-9-3)22-10-11-23(39-22)20-16-24(34-4)28(36-6)25(17-20)35-5/h15-18,22-23,33H,7-14H2,1-6H3,(H,30,32)/t22-,23-/m1/s1. The van der Waals surface area contributed by atoms with E-state index < -0.39 is 6.03 Å². The molecule has 2 N–H and O–H groups in total. The second-order valence-corrected chi connectivity index (χ2v) is 9.26. The highest BCUT2D eigenvalue weighted by atomic mass is 16.5. The van der Waals surface area contributed by atoms with Crippen LogP contribution in [-0.4, -0.2) is 52.3 Å². The molecule has 0 aliphatic carbocycles. The molecule has 10 heteroatoms. The van der Waals surface area contributed by atoms with Gasteiger partial charge in [0.25, 0.3) is 0 Å². The van der Waals surface area contributed by atoms with Crippen molar-refractivity contribution in [2.45, 2.75) is 65.1 Å². The molecule has 10 nitrogen and oxygen atoms in total. The first-order valence-electron chi connectivity index (χ1n) is 13.6. The largest absolute Gasteiger partial charge is 0.493 e. The molecule has 1 fully saturated rings. The topological polar surface area (TPSA) is 108 Å². The molecule has 0 unspecified atom stereocenters. The number of hydrogen-bond donors (Lipinski definition) is 2. The van der Waals surface area contributed by atoms with Crippen LogP contribution >= 0.6 is 0 Å². The monoisotopic (exact) mass is 546 g/mol. The number of amides is 2. The zero-order valence-electron chi connectivity index (χ0n) is 23.9. The summed E-state index contributed by atoms with van der Waals surface area (Å²) in [7, 11) is 4.73. The van der Waals surface area contributed by atoms with E-state index in [0.717, 1.165) is 43.2 Å².